The van der Waals surface area contributed by atoms with Crippen molar-refractivity contribution < 1.29 is 4.74 Å². The molecule has 0 aliphatic rings. The first kappa shape index (κ1) is 17.7. The first-order valence-corrected chi connectivity index (χ1v) is 8.86. The van der Waals surface area contributed by atoms with Gasteiger partial charge in [-0.3, -0.25) is 0 Å². The van der Waals surface area contributed by atoms with Crippen LogP contribution < -0.4 is 15.4 Å². The Hall–Kier alpha value is -3.08. The second-order valence-electron chi connectivity index (χ2n) is 6.04. The number of aromatic nitrogens is 2. The topological polar surface area (TPSA) is 59.1 Å². The Kier molecular flexibility index (Phi) is 6.04. The molecule has 0 spiro atoms. The normalized spacial score (nSPS) is 10.4. The van der Waals surface area contributed by atoms with E-state index in [4.69, 9.17) is 4.74 Å². The van der Waals surface area contributed by atoms with E-state index >= 15 is 0 Å². The van der Waals surface area contributed by atoms with Gasteiger partial charge in [0.05, 0.1) is 0 Å². The highest BCUT2D eigenvalue weighted by Crippen LogP contribution is 2.21. The third kappa shape index (κ3) is 5.21. The van der Waals surface area contributed by atoms with E-state index in [1.54, 1.807) is 0 Å². The minimum Gasteiger partial charge on any atom is -0.489 e. The number of nitrogens with zero attached hydrogens (tertiary/aromatic N) is 2. The van der Waals surface area contributed by atoms with Crippen LogP contribution in [-0.4, -0.2) is 16.5 Å². The van der Waals surface area contributed by atoms with Crippen LogP contribution in [-0.2, 0) is 6.61 Å². The van der Waals surface area contributed by atoms with Crippen molar-refractivity contribution in [2.75, 3.05) is 17.2 Å². The Balaban J connectivity index is 1.61. The monoisotopic (exact) mass is 348 g/mol. The molecule has 0 bridgehead atoms. The van der Waals surface area contributed by atoms with Crippen molar-refractivity contribution in [3.63, 3.8) is 0 Å². The molecule has 3 rings (SSSR count). The summed E-state index contributed by atoms with van der Waals surface area (Å²) in [5.74, 6) is 3.18. The van der Waals surface area contributed by atoms with Gasteiger partial charge in [-0.25, -0.2) is 9.97 Å². The van der Waals surface area contributed by atoms with E-state index in [1.165, 1.54) is 0 Å². The molecular formula is C21H24N4O. The Morgan fingerprint density at radius 2 is 1.65 bits per heavy atom. The average Bonchev–Trinajstić information content (AvgIpc) is 2.66. The van der Waals surface area contributed by atoms with Crippen molar-refractivity contribution in [3.05, 3.63) is 72.1 Å². The number of hydrogen-bond donors (Lipinski definition) is 2. The standard InChI is InChI=1S/C21H24N4O/c1-3-13-22-20-14-21(24-16(2)23-20)25-18-9-11-19(12-10-18)26-15-17-7-5-4-6-8-17/h4-12,14H,3,13,15H2,1-2H3,(H2,22,23,24,25). The van der Waals surface area contributed by atoms with Crippen LogP contribution in [0.1, 0.15) is 24.7 Å². The van der Waals surface area contributed by atoms with E-state index < -0.39 is 0 Å². The first-order valence-electron chi connectivity index (χ1n) is 8.86. The second kappa shape index (κ2) is 8.85. The van der Waals surface area contributed by atoms with Crippen molar-refractivity contribution in [3.8, 4) is 5.75 Å². The number of anilines is 3. The summed E-state index contributed by atoms with van der Waals surface area (Å²) >= 11 is 0. The van der Waals surface area contributed by atoms with Crippen LogP contribution in [0.3, 0.4) is 0 Å². The van der Waals surface area contributed by atoms with Gasteiger partial charge in [-0.2, -0.15) is 0 Å². The summed E-state index contributed by atoms with van der Waals surface area (Å²) in [6.07, 6.45) is 1.05. The number of hydrogen-bond acceptors (Lipinski definition) is 5. The highest BCUT2D eigenvalue weighted by molar-refractivity contribution is 5.60. The maximum absolute atomic E-state index is 5.82. The molecule has 0 aliphatic carbocycles. The van der Waals surface area contributed by atoms with Crippen LogP contribution >= 0.6 is 0 Å². The first-order chi connectivity index (χ1) is 12.7. The maximum atomic E-state index is 5.82. The molecule has 0 unspecified atom stereocenters. The predicted octanol–water partition coefficient (Wildman–Crippen LogP) is 4.93. The molecule has 134 valence electrons. The Labute approximate surface area is 154 Å². The lowest BCUT2D eigenvalue weighted by molar-refractivity contribution is 0.306. The lowest BCUT2D eigenvalue weighted by atomic mass is 10.2. The van der Waals surface area contributed by atoms with Gasteiger partial charge in [-0.05, 0) is 43.2 Å². The Bertz CT molecular complexity index is 819. The van der Waals surface area contributed by atoms with Crippen molar-refractivity contribution >= 4 is 17.3 Å². The number of rotatable bonds is 8. The molecule has 0 aliphatic heterocycles. The van der Waals surface area contributed by atoms with E-state index in [9.17, 15) is 0 Å². The summed E-state index contributed by atoms with van der Waals surface area (Å²) in [5.41, 5.74) is 2.11. The zero-order valence-electron chi connectivity index (χ0n) is 15.2. The third-order valence-corrected chi connectivity index (χ3v) is 3.77. The van der Waals surface area contributed by atoms with Crippen LogP contribution in [0.2, 0.25) is 0 Å². The molecule has 0 saturated heterocycles. The molecule has 26 heavy (non-hydrogen) atoms. The maximum Gasteiger partial charge on any atom is 0.136 e. The molecule has 5 nitrogen and oxygen atoms in total. The van der Waals surface area contributed by atoms with Gasteiger partial charge in [0.2, 0.25) is 0 Å². The zero-order valence-corrected chi connectivity index (χ0v) is 15.2. The van der Waals surface area contributed by atoms with E-state index in [0.29, 0.717) is 6.61 Å². The molecule has 0 amide bonds. The molecule has 1 aromatic heterocycles. The van der Waals surface area contributed by atoms with Gasteiger partial charge in [-0.15, -0.1) is 0 Å². The second-order valence-corrected chi connectivity index (χ2v) is 6.04. The van der Waals surface area contributed by atoms with Crippen LogP contribution in [0.4, 0.5) is 17.3 Å². The van der Waals surface area contributed by atoms with Crippen LogP contribution in [0.25, 0.3) is 0 Å². The molecule has 0 radical (unpaired) electrons. The lowest BCUT2D eigenvalue weighted by Crippen LogP contribution is -2.05. The SMILES string of the molecule is CCCNc1cc(Nc2ccc(OCc3ccccc3)cc2)nc(C)n1. The summed E-state index contributed by atoms with van der Waals surface area (Å²) in [4.78, 5) is 8.84. The molecule has 0 saturated carbocycles. The fourth-order valence-corrected chi connectivity index (χ4v) is 2.50. The fraction of sp³-hybridized carbons (Fsp3) is 0.238. The van der Waals surface area contributed by atoms with Crippen molar-refractivity contribution in [1.29, 1.82) is 0 Å². The van der Waals surface area contributed by atoms with Gasteiger partial charge >= 0.3 is 0 Å². The van der Waals surface area contributed by atoms with E-state index in [-0.39, 0.29) is 0 Å². The molecule has 2 N–H and O–H groups in total. The molecule has 5 heteroatoms. The van der Waals surface area contributed by atoms with Gasteiger partial charge in [0.1, 0.15) is 29.8 Å². The quantitative estimate of drug-likeness (QED) is 0.604. The Morgan fingerprint density at radius 1 is 0.923 bits per heavy atom. The fourth-order valence-electron chi connectivity index (χ4n) is 2.50. The van der Waals surface area contributed by atoms with Crippen molar-refractivity contribution in [2.45, 2.75) is 26.9 Å². The molecule has 0 fully saturated rings. The van der Waals surface area contributed by atoms with Crippen LogP contribution in [0, 0.1) is 6.92 Å². The Morgan fingerprint density at radius 3 is 2.38 bits per heavy atom. The van der Waals surface area contributed by atoms with Crippen LogP contribution in [0.5, 0.6) is 5.75 Å². The van der Waals surface area contributed by atoms with E-state index in [2.05, 4.69) is 39.7 Å². The molecule has 0 atom stereocenters. The smallest absolute Gasteiger partial charge is 0.136 e. The highest BCUT2D eigenvalue weighted by Gasteiger charge is 2.03. The zero-order chi connectivity index (χ0) is 18.2. The number of nitrogens with one attached hydrogen (secondary N) is 2. The van der Waals surface area contributed by atoms with Crippen molar-refractivity contribution in [1.82, 2.24) is 9.97 Å². The number of ether oxygens (including phenoxy) is 1. The predicted molar refractivity (Wildman–Crippen MR) is 106 cm³/mol. The minimum atomic E-state index is 0.561. The highest BCUT2D eigenvalue weighted by atomic mass is 16.5. The molecule has 1 heterocycles. The molecule has 3 aromatic rings. The van der Waals surface area contributed by atoms with Gasteiger partial charge < -0.3 is 15.4 Å². The van der Waals surface area contributed by atoms with Gasteiger partial charge in [-0.1, -0.05) is 37.3 Å². The largest absolute Gasteiger partial charge is 0.489 e. The molecule has 2 aromatic carbocycles. The summed E-state index contributed by atoms with van der Waals surface area (Å²) in [7, 11) is 0. The van der Waals surface area contributed by atoms with E-state index in [1.807, 2.05) is 55.5 Å². The minimum absolute atomic E-state index is 0.561. The third-order valence-electron chi connectivity index (χ3n) is 3.77. The van der Waals surface area contributed by atoms with Gasteiger partial charge in [0.15, 0.2) is 0 Å². The van der Waals surface area contributed by atoms with Gasteiger partial charge in [0, 0.05) is 18.3 Å². The number of benzene rings is 2. The van der Waals surface area contributed by atoms with Gasteiger partial charge in [0.25, 0.3) is 0 Å². The molecular weight excluding hydrogens is 324 g/mol. The average molecular weight is 348 g/mol. The summed E-state index contributed by atoms with van der Waals surface area (Å²) < 4.78 is 5.82. The lowest BCUT2D eigenvalue weighted by Gasteiger charge is -2.11. The summed E-state index contributed by atoms with van der Waals surface area (Å²) in [6.45, 7) is 5.47. The van der Waals surface area contributed by atoms with Crippen LogP contribution in [0.15, 0.2) is 60.7 Å². The summed E-state index contributed by atoms with van der Waals surface area (Å²) in [5, 5.41) is 6.61. The van der Waals surface area contributed by atoms with E-state index in [0.717, 1.165) is 47.4 Å². The number of aryl methyl sites for hydroxylation is 1. The van der Waals surface area contributed by atoms with Crippen molar-refractivity contribution in [2.24, 2.45) is 0 Å². The summed E-state index contributed by atoms with van der Waals surface area (Å²) in [6, 6.07) is 19.9.